The molecule has 4 rings (SSSR count). The van der Waals surface area contributed by atoms with E-state index in [9.17, 15) is 0 Å². The Balaban J connectivity index is 0.000000256. The molecule has 0 spiro atoms. The van der Waals surface area contributed by atoms with E-state index in [2.05, 4.69) is 24.3 Å². The second-order valence-electron chi connectivity index (χ2n) is 4.65. The third-order valence-corrected chi connectivity index (χ3v) is 3.55. The number of hydrogen-bond acceptors (Lipinski definition) is 0. The average Bonchev–Trinajstić information content (AvgIpc) is 3.01. The van der Waals surface area contributed by atoms with Crippen LogP contribution in [-0.4, -0.2) is 0 Å². The van der Waals surface area contributed by atoms with Crippen LogP contribution in [0.4, 0.5) is 0 Å². The molecule has 0 heterocycles. The Kier molecular flexibility index (Phi) is 7.64. The first kappa shape index (κ1) is 17.2. The van der Waals surface area contributed by atoms with Crippen LogP contribution in [0.5, 0.6) is 0 Å². The van der Waals surface area contributed by atoms with Crippen molar-refractivity contribution in [1.82, 2.24) is 0 Å². The first-order chi connectivity index (χ1) is 6.90. The summed E-state index contributed by atoms with van der Waals surface area (Å²) in [4.78, 5) is 0. The molecular weight excluding hydrogens is 340 g/mol. The normalized spacial score (nSPS) is 20.7. The van der Waals surface area contributed by atoms with Crippen LogP contribution < -0.4 is 0 Å². The van der Waals surface area contributed by atoms with Crippen molar-refractivity contribution in [2.24, 2.45) is 0 Å². The van der Waals surface area contributed by atoms with E-state index in [1.165, 1.54) is 38.5 Å². The van der Waals surface area contributed by atoms with Crippen LogP contribution in [0.1, 0.15) is 38.5 Å². The number of hydrogen-bond donors (Lipinski definition) is 0. The summed E-state index contributed by atoms with van der Waals surface area (Å²) in [6.07, 6.45) is 17.1. The Morgan fingerprint density at radius 3 is 0.824 bits per heavy atom. The summed E-state index contributed by atoms with van der Waals surface area (Å²) in [6, 6.07) is 0. The minimum Gasteiger partial charge on any atom is -0.147 e. The minimum atomic E-state index is 0. The third kappa shape index (κ3) is 4.09. The van der Waals surface area contributed by atoms with Crippen molar-refractivity contribution in [1.29, 1.82) is 0 Å². The van der Waals surface area contributed by atoms with Crippen molar-refractivity contribution in [3.8, 4) is 0 Å². The fourth-order valence-corrected chi connectivity index (χ4v) is 2.62. The Labute approximate surface area is 129 Å². The summed E-state index contributed by atoms with van der Waals surface area (Å²) >= 11 is 0. The molecule has 0 N–H and O–H groups in total. The standard InChI is InChI=1S/2C7H8.2ClH.Ru/c2*1-2-7-4-3-6(1)5-7;;;/h2*1-2H,3-5H2;2*1H;. The van der Waals surface area contributed by atoms with E-state index in [4.69, 9.17) is 0 Å². The van der Waals surface area contributed by atoms with Gasteiger partial charge >= 0.3 is 0 Å². The zero-order valence-electron chi connectivity index (χ0n) is 9.72. The van der Waals surface area contributed by atoms with Gasteiger partial charge in [-0.3, -0.25) is 0 Å². The number of allylic oxidation sites excluding steroid dienone is 8. The van der Waals surface area contributed by atoms with Crippen molar-refractivity contribution >= 4 is 24.8 Å². The van der Waals surface area contributed by atoms with Gasteiger partial charge in [-0.15, -0.1) is 24.8 Å². The van der Waals surface area contributed by atoms with Crippen LogP contribution >= 0.6 is 24.8 Å². The molecule has 4 aliphatic rings. The molecule has 0 saturated heterocycles. The second-order valence-corrected chi connectivity index (χ2v) is 4.65. The predicted molar refractivity (Wildman–Crippen MR) is 74.5 cm³/mol. The van der Waals surface area contributed by atoms with Gasteiger partial charge in [0.1, 0.15) is 0 Å². The molecule has 0 atom stereocenters. The van der Waals surface area contributed by atoms with Gasteiger partial charge in [0.15, 0.2) is 0 Å². The molecule has 0 unspecified atom stereocenters. The molecule has 4 aliphatic carbocycles. The van der Waals surface area contributed by atoms with Gasteiger partial charge in [0.05, 0.1) is 0 Å². The zero-order chi connectivity index (χ0) is 9.38. The topological polar surface area (TPSA) is 0 Å². The molecule has 0 aromatic carbocycles. The maximum absolute atomic E-state index is 2.26. The largest absolute Gasteiger partial charge is 0.147 e. The Bertz CT molecular complexity index is 315. The molecule has 0 radical (unpaired) electrons. The van der Waals surface area contributed by atoms with E-state index >= 15 is 0 Å². The van der Waals surface area contributed by atoms with E-state index in [1.54, 1.807) is 22.3 Å². The summed E-state index contributed by atoms with van der Waals surface area (Å²) in [7, 11) is 0. The maximum atomic E-state index is 2.26. The van der Waals surface area contributed by atoms with Crippen molar-refractivity contribution in [2.75, 3.05) is 0 Å². The molecule has 2 fully saturated rings. The number of fused-ring (bicyclic) bond motifs is 4. The molecule has 0 amide bonds. The van der Waals surface area contributed by atoms with Crippen LogP contribution in [0, 0.1) is 0 Å². The van der Waals surface area contributed by atoms with Gasteiger partial charge in [0.25, 0.3) is 0 Å². The third-order valence-electron chi connectivity index (χ3n) is 3.55. The van der Waals surface area contributed by atoms with Crippen molar-refractivity contribution < 1.29 is 19.5 Å². The van der Waals surface area contributed by atoms with Crippen LogP contribution in [0.15, 0.2) is 46.6 Å². The molecule has 3 heteroatoms. The van der Waals surface area contributed by atoms with Crippen molar-refractivity contribution in [3.63, 3.8) is 0 Å². The van der Waals surface area contributed by atoms with Crippen LogP contribution in [0.25, 0.3) is 0 Å². The van der Waals surface area contributed by atoms with Crippen molar-refractivity contribution in [3.05, 3.63) is 46.6 Å². The quantitative estimate of drug-likeness (QED) is 0.540. The zero-order valence-corrected chi connectivity index (χ0v) is 13.1. The number of halogens is 2. The van der Waals surface area contributed by atoms with Gasteiger partial charge in [0.2, 0.25) is 0 Å². The molecule has 0 aromatic heterocycles. The van der Waals surface area contributed by atoms with Gasteiger partial charge in [-0.1, -0.05) is 46.6 Å². The van der Waals surface area contributed by atoms with E-state index in [-0.39, 0.29) is 44.3 Å². The first-order valence-electron chi connectivity index (χ1n) is 5.65. The molecule has 0 aliphatic heterocycles. The molecular formula is C14H18Cl2Ru. The van der Waals surface area contributed by atoms with Gasteiger partial charge in [0, 0.05) is 19.5 Å². The Hall–Kier alpha value is 0.163. The second kappa shape index (κ2) is 7.57. The maximum Gasteiger partial charge on any atom is 0 e. The Morgan fingerprint density at radius 2 is 0.765 bits per heavy atom. The summed E-state index contributed by atoms with van der Waals surface area (Å²) in [6.45, 7) is 0. The molecule has 17 heavy (non-hydrogen) atoms. The summed E-state index contributed by atoms with van der Waals surface area (Å²) in [5, 5.41) is 0. The van der Waals surface area contributed by atoms with Gasteiger partial charge in [-0.2, -0.15) is 0 Å². The molecule has 96 valence electrons. The van der Waals surface area contributed by atoms with Crippen molar-refractivity contribution in [2.45, 2.75) is 38.5 Å². The fourth-order valence-electron chi connectivity index (χ4n) is 2.62. The fraction of sp³-hybridized carbons (Fsp3) is 0.429. The SMILES string of the molecule is C1=C2CCC(=C1)C2.C1=C2CCC(=C1)C2.Cl.Cl.[Ru]. The van der Waals surface area contributed by atoms with Crippen LogP contribution in [0.3, 0.4) is 0 Å². The van der Waals surface area contributed by atoms with E-state index in [0.29, 0.717) is 0 Å². The number of rotatable bonds is 0. The van der Waals surface area contributed by atoms with Gasteiger partial charge < -0.3 is 0 Å². The molecule has 2 saturated carbocycles. The summed E-state index contributed by atoms with van der Waals surface area (Å²) in [5.74, 6) is 0. The minimum absolute atomic E-state index is 0. The van der Waals surface area contributed by atoms with Crippen LogP contribution in [-0.2, 0) is 19.5 Å². The van der Waals surface area contributed by atoms with Gasteiger partial charge in [-0.05, 0) is 38.5 Å². The summed E-state index contributed by atoms with van der Waals surface area (Å²) in [5.41, 5.74) is 6.59. The van der Waals surface area contributed by atoms with E-state index in [0.717, 1.165) is 0 Å². The molecule has 0 nitrogen and oxygen atoms in total. The molecule has 4 bridgehead atoms. The first-order valence-corrected chi connectivity index (χ1v) is 5.65. The smallest absolute Gasteiger partial charge is 0 e. The van der Waals surface area contributed by atoms with Gasteiger partial charge in [-0.25, -0.2) is 0 Å². The van der Waals surface area contributed by atoms with E-state index < -0.39 is 0 Å². The monoisotopic (exact) mass is 358 g/mol. The van der Waals surface area contributed by atoms with Crippen LogP contribution in [0.2, 0.25) is 0 Å². The van der Waals surface area contributed by atoms with E-state index in [1.807, 2.05) is 0 Å². The summed E-state index contributed by atoms with van der Waals surface area (Å²) < 4.78 is 0. The molecule has 0 aromatic rings. The Morgan fingerprint density at radius 1 is 0.529 bits per heavy atom. The predicted octanol–water partition coefficient (Wildman–Crippen LogP) is 4.91. The average molecular weight is 358 g/mol.